The SMILES string of the molecule is Clc1cccc(CNC2=Nc3c(Br)ccc(Br)c3NC23CCSCC3)c1. The molecule has 1 fully saturated rings. The smallest absolute Gasteiger partial charge is 0.128 e. The number of nitrogens with zero attached hydrogens (tertiary/aromatic N) is 1. The fourth-order valence-corrected chi connectivity index (χ4v) is 5.65. The van der Waals surface area contributed by atoms with Gasteiger partial charge in [0.25, 0.3) is 0 Å². The molecule has 0 aliphatic carbocycles. The van der Waals surface area contributed by atoms with Gasteiger partial charge >= 0.3 is 0 Å². The predicted molar refractivity (Wildman–Crippen MR) is 120 cm³/mol. The molecule has 0 saturated carbocycles. The summed E-state index contributed by atoms with van der Waals surface area (Å²) in [5.41, 5.74) is 3.02. The molecule has 2 heterocycles. The van der Waals surface area contributed by atoms with Crippen LogP contribution in [0.4, 0.5) is 11.4 Å². The molecule has 26 heavy (non-hydrogen) atoms. The minimum atomic E-state index is -0.139. The standard InChI is InChI=1S/C19H18Br2ClN3S/c20-14-4-5-15(21)17-16(14)24-18(19(25-17)6-8-26-9-7-19)23-11-12-2-1-3-13(22)10-12/h1-5,10,25H,6-9,11H2,(H,23,24). The van der Waals surface area contributed by atoms with Crippen LogP contribution in [0.2, 0.25) is 5.02 Å². The van der Waals surface area contributed by atoms with Gasteiger partial charge in [0.1, 0.15) is 11.5 Å². The van der Waals surface area contributed by atoms with Crippen LogP contribution in [0.1, 0.15) is 18.4 Å². The molecule has 3 nitrogen and oxygen atoms in total. The van der Waals surface area contributed by atoms with Crippen molar-refractivity contribution in [1.29, 1.82) is 0 Å². The van der Waals surface area contributed by atoms with Gasteiger partial charge in [0, 0.05) is 20.5 Å². The number of anilines is 1. The Kier molecular flexibility index (Phi) is 5.56. The molecule has 1 saturated heterocycles. The van der Waals surface area contributed by atoms with Crippen LogP contribution >= 0.6 is 55.2 Å². The Morgan fingerprint density at radius 2 is 1.92 bits per heavy atom. The van der Waals surface area contributed by atoms with Gasteiger partial charge in [-0.05, 0) is 86.0 Å². The average Bonchev–Trinajstić information content (AvgIpc) is 2.64. The number of amidine groups is 1. The maximum absolute atomic E-state index is 6.13. The fourth-order valence-electron chi connectivity index (χ4n) is 3.41. The zero-order chi connectivity index (χ0) is 18.1. The van der Waals surface area contributed by atoms with E-state index in [-0.39, 0.29) is 5.54 Å². The lowest BCUT2D eigenvalue weighted by atomic mass is 9.88. The summed E-state index contributed by atoms with van der Waals surface area (Å²) < 4.78 is 2.04. The number of benzene rings is 2. The van der Waals surface area contributed by atoms with E-state index >= 15 is 0 Å². The fraction of sp³-hybridized carbons (Fsp3) is 0.316. The number of halogens is 3. The van der Waals surface area contributed by atoms with Gasteiger partial charge in [0.15, 0.2) is 0 Å². The van der Waals surface area contributed by atoms with Crippen molar-refractivity contribution < 1.29 is 0 Å². The second-order valence-corrected chi connectivity index (χ2v) is 9.89. The molecule has 2 aliphatic heterocycles. The summed E-state index contributed by atoms with van der Waals surface area (Å²) >= 11 is 15.5. The van der Waals surface area contributed by atoms with Gasteiger partial charge in [-0.2, -0.15) is 11.8 Å². The van der Waals surface area contributed by atoms with Crippen molar-refractivity contribution in [2.45, 2.75) is 24.9 Å². The second kappa shape index (κ2) is 7.74. The van der Waals surface area contributed by atoms with Crippen molar-refractivity contribution in [3.05, 3.63) is 55.9 Å². The molecule has 2 aliphatic rings. The Labute approximate surface area is 179 Å². The largest absolute Gasteiger partial charge is 0.370 e. The Balaban J connectivity index is 1.70. The number of rotatable bonds is 2. The van der Waals surface area contributed by atoms with Gasteiger partial charge in [-0.1, -0.05) is 23.7 Å². The van der Waals surface area contributed by atoms with Crippen LogP contribution in [-0.2, 0) is 6.54 Å². The Hall–Kier alpha value is -0.690. The van der Waals surface area contributed by atoms with E-state index in [1.54, 1.807) is 0 Å². The van der Waals surface area contributed by atoms with Crippen molar-refractivity contribution in [3.8, 4) is 0 Å². The normalized spacial score (nSPS) is 18.0. The van der Waals surface area contributed by atoms with E-state index in [4.69, 9.17) is 16.6 Å². The molecular weight excluding hydrogens is 498 g/mol. The summed E-state index contributed by atoms with van der Waals surface area (Å²) in [6, 6.07) is 12.0. The molecule has 0 atom stereocenters. The number of hydrogen-bond donors (Lipinski definition) is 2. The topological polar surface area (TPSA) is 36.4 Å². The zero-order valence-corrected chi connectivity index (χ0v) is 18.7. The van der Waals surface area contributed by atoms with Crippen LogP contribution < -0.4 is 10.6 Å². The van der Waals surface area contributed by atoms with Crippen molar-refractivity contribution in [2.75, 3.05) is 16.8 Å². The zero-order valence-electron chi connectivity index (χ0n) is 14.0. The predicted octanol–water partition coefficient (Wildman–Crippen LogP) is 6.38. The number of thioether (sulfide) groups is 1. The van der Waals surface area contributed by atoms with E-state index in [0.29, 0.717) is 6.54 Å². The summed E-state index contributed by atoms with van der Waals surface area (Å²) in [5.74, 6) is 3.28. The Morgan fingerprint density at radius 3 is 2.69 bits per heavy atom. The van der Waals surface area contributed by atoms with Gasteiger partial charge < -0.3 is 10.6 Å². The van der Waals surface area contributed by atoms with E-state index in [0.717, 1.165) is 61.1 Å². The first kappa shape index (κ1) is 18.7. The molecule has 136 valence electrons. The summed E-state index contributed by atoms with van der Waals surface area (Å²) in [5, 5.41) is 8.16. The average molecular weight is 516 g/mol. The lowest BCUT2D eigenvalue weighted by Crippen LogP contribution is -2.55. The maximum atomic E-state index is 6.13. The first-order valence-electron chi connectivity index (χ1n) is 8.49. The van der Waals surface area contributed by atoms with Crippen LogP contribution in [0, 0.1) is 0 Å². The Bertz CT molecular complexity index is 866. The van der Waals surface area contributed by atoms with E-state index in [1.807, 2.05) is 36.0 Å². The van der Waals surface area contributed by atoms with Crippen LogP contribution in [-0.4, -0.2) is 22.9 Å². The first-order chi connectivity index (χ1) is 12.6. The van der Waals surface area contributed by atoms with Crippen LogP contribution in [0.5, 0.6) is 0 Å². The van der Waals surface area contributed by atoms with Gasteiger partial charge in [-0.25, -0.2) is 4.99 Å². The molecule has 7 heteroatoms. The van der Waals surface area contributed by atoms with Gasteiger partial charge in [0.2, 0.25) is 0 Å². The summed E-state index contributed by atoms with van der Waals surface area (Å²) in [4.78, 5) is 5.04. The molecule has 2 aromatic rings. The highest BCUT2D eigenvalue weighted by Gasteiger charge is 2.41. The van der Waals surface area contributed by atoms with Gasteiger partial charge in [0.05, 0.1) is 11.2 Å². The number of aliphatic imine (C=N–C) groups is 1. The van der Waals surface area contributed by atoms with Gasteiger partial charge in [-0.15, -0.1) is 0 Å². The van der Waals surface area contributed by atoms with Crippen molar-refractivity contribution in [2.24, 2.45) is 4.99 Å². The molecule has 2 N–H and O–H groups in total. The molecule has 0 bridgehead atoms. The summed E-state index contributed by atoms with van der Waals surface area (Å²) in [7, 11) is 0. The molecule has 0 unspecified atom stereocenters. The van der Waals surface area contributed by atoms with E-state index in [9.17, 15) is 0 Å². The van der Waals surface area contributed by atoms with Crippen LogP contribution in [0.25, 0.3) is 0 Å². The molecule has 0 amide bonds. The highest BCUT2D eigenvalue weighted by atomic mass is 79.9. The van der Waals surface area contributed by atoms with E-state index < -0.39 is 0 Å². The van der Waals surface area contributed by atoms with E-state index in [2.05, 4.69) is 54.6 Å². The quantitative estimate of drug-likeness (QED) is 0.488. The molecule has 2 aromatic carbocycles. The van der Waals surface area contributed by atoms with Gasteiger partial charge in [-0.3, -0.25) is 0 Å². The summed E-state index contributed by atoms with van der Waals surface area (Å²) in [6.45, 7) is 0.705. The molecule has 0 radical (unpaired) electrons. The molecule has 4 rings (SSSR count). The minimum Gasteiger partial charge on any atom is -0.370 e. The van der Waals surface area contributed by atoms with Crippen molar-refractivity contribution >= 4 is 72.4 Å². The van der Waals surface area contributed by atoms with Crippen molar-refractivity contribution in [3.63, 3.8) is 0 Å². The summed E-state index contributed by atoms with van der Waals surface area (Å²) in [6.07, 6.45) is 2.11. The van der Waals surface area contributed by atoms with Crippen LogP contribution in [0.15, 0.2) is 50.3 Å². The second-order valence-electron chi connectivity index (χ2n) is 6.52. The van der Waals surface area contributed by atoms with Crippen molar-refractivity contribution in [1.82, 2.24) is 5.32 Å². The van der Waals surface area contributed by atoms with E-state index in [1.165, 1.54) is 0 Å². The monoisotopic (exact) mass is 513 g/mol. The third-order valence-corrected chi connectivity index (χ3v) is 7.34. The number of fused-ring (bicyclic) bond motifs is 1. The van der Waals surface area contributed by atoms with Crippen LogP contribution in [0.3, 0.4) is 0 Å². The maximum Gasteiger partial charge on any atom is 0.128 e. The lowest BCUT2D eigenvalue weighted by Gasteiger charge is -2.43. The molecule has 0 aromatic heterocycles. The highest BCUT2D eigenvalue weighted by molar-refractivity contribution is 9.11. The Morgan fingerprint density at radius 1 is 1.15 bits per heavy atom. The highest BCUT2D eigenvalue weighted by Crippen LogP contribution is 2.46. The number of hydrogen-bond acceptors (Lipinski definition) is 4. The molecular formula is C19H18Br2ClN3S. The first-order valence-corrected chi connectivity index (χ1v) is 11.6. The minimum absolute atomic E-state index is 0.139. The molecule has 1 spiro atoms. The third kappa shape index (κ3) is 3.66. The lowest BCUT2D eigenvalue weighted by molar-refractivity contribution is 0.543. The third-order valence-electron chi connectivity index (χ3n) is 4.81. The number of nitrogens with one attached hydrogen (secondary N) is 2.